The molecule has 0 radical (unpaired) electrons. The van der Waals surface area contributed by atoms with Crippen molar-refractivity contribution in [2.75, 3.05) is 0 Å². The van der Waals surface area contributed by atoms with E-state index in [1.807, 2.05) is 6.08 Å². The molecule has 0 saturated heterocycles. The van der Waals surface area contributed by atoms with Gasteiger partial charge in [-0.25, -0.2) is 0 Å². The average molecular weight is 259 g/mol. The van der Waals surface area contributed by atoms with Crippen molar-refractivity contribution in [1.29, 1.82) is 0 Å². The summed E-state index contributed by atoms with van der Waals surface area (Å²) in [6.07, 6.45) is 11.7. The number of rotatable bonds is 6. The lowest BCUT2D eigenvalue weighted by Crippen LogP contribution is -2.10. The molecule has 1 fully saturated rings. The number of hydrogen-bond donors (Lipinski definition) is 0. The Morgan fingerprint density at radius 1 is 1.29 bits per heavy atom. The lowest BCUT2D eigenvalue weighted by Gasteiger charge is -2.16. The van der Waals surface area contributed by atoms with Crippen LogP contribution in [0.5, 0.6) is 0 Å². The molecule has 0 bridgehead atoms. The largest absolute Gasteiger partial charge is 0.103 e. The fourth-order valence-electron chi connectivity index (χ4n) is 2.47. The van der Waals surface area contributed by atoms with E-state index in [1.165, 1.54) is 44.9 Å². The summed E-state index contributed by atoms with van der Waals surface area (Å²) in [4.78, 5) is 0.792. The average Bonchev–Trinajstić information content (AvgIpc) is 2.49. The van der Waals surface area contributed by atoms with Crippen LogP contribution in [-0.2, 0) is 0 Å². The van der Waals surface area contributed by atoms with Gasteiger partial charge in [0.05, 0.1) is 0 Å². The molecule has 82 valence electrons. The molecule has 0 amide bonds. The van der Waals surface area contributed by atoms with E-state index >= 15 is 0 Å². The molecule has 0 aromatic heterocycles. The SMILES string of the molecule is C=CCCCCCC1CCC(Br)C1C. The summed E-state index contributed by atoms with van der Waals surface area (Å²) in [5.74, 6) is 1.89. The van der Waals surface area contributed by atoms with Crippen molar-refractivity contribution in [2.45, 2.75) is 56.7 Å². The maximum atomic E-state index is 3.76. The Hall–Kier alpha value is 0.220. The summed E-state index contributed by atoms with van der Waals surface area (Å²) in [7, 11) is 0. The Morgan fingerprint density at radius 2 is 2.07 bits per heavy atom. The van der Waals surface area contributed by atoms with Crippen molar-refractivity contribution in [1.82, 2.24) is 0 Å². The van der Waals surface area contributed by atoms with Gasteiger partial charge in [0.15, 0.2) is 0 Å². The van der Waals surface area contributed by atoms with Crippen LogP contribution >= 0.6 is 15.9 Å². The molecule has 0 nitrogen and oxygen atoms in total. The highest BCUT2D eigenvalue weighted by atomic mass is 79.9. The molecule has 1 rings (SSSR count). The molecule has 1 aliphatic rings. The van der Waals surface area contributed by atoms with Crippen molar-refractivity contribution in [2.24, 2.45) is 11.8 Å². The zero-order chi connectivity index (χ0) is 10.4. The molecule has 3 unspecified atom stereocenters. The van der Waals surface area contributed by atoms with Gasteiger partial charge < -0.3 is 0 Å². The van der Waals surface area contributed by atoms with E-state index < -0.39 is 0 Å². The third-order valence-corrected chi connectivity index (χ3v) is 4.90. The Morgan fingerprint density at radius 3 is 2.64 bits per heavy atom. The van der Waals surface area contributed by atoms with Gasteiger partial charge in [0.1, 0.15) is 0 Å². The lowest BCUT2D eigenvalue weighted by molar-refractivity contribution is 0.380. The first-order valence-electron chi connectivity index (χ1n) is 6.00. The molecular formula is C13H23Br. The minimum absolute atomic E-state index is 0.792. The first-order chi connectivity index (χ1) is 6.75. The molecule has 0 heterocycles. The summed E-state index contributed by atoms with van der Waals surface area (Å²) in [6, 6.07) is 0. The molecule has 0 aromatic carbocycles. The van der Waals surface area contributed by atoms with Crippen LogP contribution in [0.4, 0.5) is 0 Å². The van der Waals surface area contributed by atoms with Gasteiger partial charge in [-0.05, 0) is 37.5 Å². The van der Waals surface area contributed by atoms with E-state index in [4.69, 9.17) is 0 Å². The molecule has 1 aliphatic carbocycles. The Labute approximate surface area is 97.3 Å². The number of unbranched alkanes of at least 4 members (excludes halogenated alkanes) is 3. The summed E-state index contributed by atoms with van der Waals surface area (Å²) < 4.78 is 0. The van der Waals surface area contributed by atoms with Gasteiger partial charge in [-0.2, -0.15) is 0 Å². The second-order valence-electron chi connectivity index (χ2n) is 4.64. The summed E-state index contributed by atoms with van der Waals surface area (Å²) in [5, 5.41) is 0. The predicted molar refractivity (Wildman–Crippen MR) is 67.9 cm³/mol. The van der Waals surface area contributed by atoms with Crippen LogP contribution in [0.3, 0.4) is 0 Å². The summed E-state index contributed by atoms with van der Waals surface area (Å²) in [6.45, 7) is 6.16. The zero-order valence-electron chi connectivity index (χ0n) is 9.34. The van der Waals surface area contributed by atoms with Crippen molar-refractivity contribution in [3.05, 3.63) is 12.7 Å². The fourth-order valence-corrected chi connectivity index (χ4v) is 3.17. The minimum Gasteiger partial charge on any atom is -0.103 e. The topological polar surface area (TPSA) is 0 Å². The third kappa shape index (κ3) is 3.76. The summed E-state index contributed by atoms with van der Waals surface area (Å²) in [5.41, 5.74) is 0. The van der Waals surface area contributed by atoms with Crippen LogP contribution in [-0.4, -0.2) is 4.83 Å². The van der Waals surface area contributed by atoms with Crippen LogP contribution < -0.4 is 0 Å². The van der Waals surface area contributed by atoms with E-state index in [-0.39, 0.29) is 0 Å². The van der Waals surface area contributed by atoms with Crippen molar-refractivity contribution < 1.29 is 0 Å². The lowest BCUT2D eigenvalue weighted by atomic mass is 9.92. The molecule has 0 aliphatic heterocycles. The molecule has 3 atom stereocenters. The fraction of sp³-hybridized carbons (Fsp3) is 0.846. The molecule has 1 saturated carbocycles. The Balaban J connectivity index is 2.04. The highest BCUT2D eigenvalue weighted by Crippen LogP contribution is 2.39. The summed E-state index contributed by atoms with van der Waals surface area (Å²) >= 11 is 3.76. The highest BCUT2D eigenvalue weighted by molar-refractivity contribution is 9.09. The Kier molecular flexibility index (Phi) is 5.84. The van der Waals surface area contributed by atoms with E-state index in [9.17, 15) is 0 Å². The van der Waals surface area contributed by atoms with Crippen LogP contribution in [0.25, 0.3) is 0 Å². The van der Waals surface area contributed by atoms with E-state index in [0.29, 0.717) is 0 Å². The first-order valence-corrected chi connectivity index (χ1v) is 6.92. The van der Waals surface area contributed by atoms with Gasteiger partial charge in [-0.3, -0.25) is 0 Å². The van der Waals surface area contributed by atoms with Gasteiger partial charge in [0.25, 0.3) is 0 Å². The molecule has 0 N–H and O–H groups in total. The number of hydrogen-bond acceptors (Lipinski definition) is 0. The van der Waals surface area contributed by atoms with Gasteiger partial charge >= 0.3 is 0 Å². The maximum absolute atomic E-state index is 3.76. The second-order valence-corrected chi connectivity index (χ2v) is 5.82. The third-order valence-electron chi connectivity index (χ3n) is 3.61. The van der Waals surface area contributed by atoms with E-state index in [0.717, 1.165) is 16.7 Å². The second kappa shape index (κ2) is 6.66. The molecular weight excluding hydrogens is 236 g/mol. The van der Waals surface area contributed by atoms with Crippen molar-refractivity contribution in [3.8, 4) is 0 Å². The first kappa shape index (κ1) is 12.3. The highest BCUT2D eigenvalue weighted by Gasteiger charge is 2.29. The smallest absolute Gasteiger partial charge is 0.0174 e. The minimum atomic E-state index is 0.792. The normalized spacial score (nSPS) is 32.0. The molecule has 0 spiro atoms. The van der Waals surface area contributed by atoms with Gasteiger partial charge in [-0.15, -0.1) is 6.58 Å². The van der Waals surface area contributed by atoms with Crippen LogP contribution in [0.2, 0.25) is 0 Å². The zero-order valence-corrected chi connectivity index (χ0v) is 10.9. The number of alkyl halides is 1. The van der Waals surface area contributed by atoms with Crippen LogP contribution in [0.15, 0.2) is 12.7 Å². The Bertz CT molecular complexity index is 165. The molecule has 1 heteroatoms. The van der Waals surface area contributed by atoms with Crippen molar-refractivity contribution in [3.63, 3.8) is 0 Å². The van der Waals surface area contributed by atoms with Crippen molar-refractivity contribution >= 4 is 15.9 Å². The van der Waals surface area contributed by atoms with Gasteiger partial charge in [0, 0.05) is 4.83 Å². The van der Waals surface area contributed by atoms with Gasteiger partial charge in [0.2, 0.25) is 0 Å². The molecule has 0 aromatic rings. The van der Waals surface area contributed by atoms with Gasteiger partial charge in [-0.1, -0.05) is 48.2 Å². The maximum Gasteiger partial charge on any atom is 0.0174 e. The van der Waals surface area contributed by atoms with E-state index in [2.05, 4.69) is 29.4 Å². The van der Waals surface area contributed by atoms with Crippen LogP contribution in [0, 0.1) is 11.8 Å². The quantitative estimate of drug-likeness (QED) is 0.360. The number of halogens is 1. The van der Waals surface area contributed by atoms with Crippen LogP contribution in [0.1, 0.15) is 51.9 Å². The standard InChI is InChI=1S/C13H23Br/c1-3-4-5-6-7-8-12-9-10-13(14)11(12)2/h3,11-13H,1,4-10H2,2H3. The molecule has 14 heavy (non-hydrogen) atoms. The van der Waals surface area contributed by atoms with E-state index in [1.54, 1.807) is 0 Å². The predicted octanol–water partition coefficient (Wildman–Crippen LogP) is 4.93. The monoisotopic (exact) mass is 258 g/mol. The number of allylic oxidation sites excluding steroid dienone is 1.